The minimum Gasteiger partial charge on any atom is -0.481 e. The van der Waals surface area contributed by atoms with E-state index in [9.17, 15) is 13.2 Å². The summed E-state index contributed by atoms with van der Waals surface area (Å²) < 4.78 is 31.9. The quantitative estimate of drug-likeness (QED) is 0.708. The number of benzene rings is 1. The van der Waals surface area contributed by atoms with Crippen molar-refractivity contribution < 1.29 is 17.9 Å². The van der Waals surface area contributed by atoms with E-state index in [1.54, 1.807) is 6.92 Å². The summed E-state index contributed by atoms with van der Waals surface area (Å²) in [5.41, 5.74) is 0. The highest BCUT2D eigenvalue weighted by molar-refractivity contribution is 7.89. The van der Waals surface area contributed by atoms with Gasteiger partial charge in [0.1, 0.15) is 5.75 Å². The van der Waals surface area contributed by atoms with Crippen molar-refractivity contribution in [1.82, 2.24) is 10.0 Å². The lowest BCUT2D eigenvalue weighted by atomic mass is 10.3. The third kappa shape index (κ3) is 5.35. The van der Waals surface area contributed by atoms with Gasteiger partial charge < -0.3 is 10.1 Å². The zero-order chi connectivity index (χ0) is 15.9. The number of hydrogen-bond donors (Lipinski definition) is 2. The molecule has 0 aliphatic heterocycles. The molecule has 0 unspecified atom stereocenters. The molecule has 0 aliphatic carbocycles. The van der Waals surface area contributed by atoms with Gasteiger partial charge in [-0.1, -0.05) is 13.3 Å². The number of carbonyl (C=O) groups is 1. The SMILES string of the molecule is CCCCNS(=O)(=O)c1ccc(O[C@@H](C)C(=O)NC)cc1. The second-order valence-electron chi connectivity index (χ2n) is 4.60. The number of carbonyl (C=O) groups excluding carboxylic acids is 1. The fraction of sp³-hybridized carbons (Fsp3) is 0.500. The summed E-state index contributed by atoms with van der Waals surface area (Å²) in [6, 6.07) is 5.99. The minimum atomic E-state index is -3.48. The Hall–Kier alpha value is -1.60. The van der Waals surface area contributed by atoms with Crippen LogP contribution in [-0.2, 0) is 14.8 Å². The van der Waals surface area contributed by atoms with Crippen LogP contribution in [0.25, 0.3) is 0 Å². The second kappa shape index (κ2) is 7.99. The number of nitrogens with one attached hydrogen (secondary N) is 2. The van der Waals surface area contributed by atoms with Gasteiger partial charge in [0.2, 0.25) is 10.0 Å². The Balaban J connectivity index is 2.71. The molecule has 0 heterocycles. The Bertz CT molecular complexity index is 555. The first-order valence-corrected chi connectivity index (χ1v) is 8.37. The Morgan fingerprint density at radius 2 is 1.90 bits per heavy atom. The molecular formula is C14H22N2O4S. The molecule has 0 fully saturated rings. The molecule has 6 nitrogen and oxygen atoms in total. The molecule has 1 aromatic carbocycles. The summed E-state index contributed by atoms with van der Waals surface area (Å²) in [6.07, 6.45) is 1.08. The van der Waals surface area contributed by atoms with Crippen LogP contribution in [0.2, 0.25) is 0 Å². The van der Waals surface area contributed by atoms with Crippen molar-refractivity contribution in [2.45, 2.75) is 37.7 Å². The van der Waals surface area contributed by atoms with Gasteiger partial charge >= 0.3 is 0 Å². The van der Waals surface area contributed by atoms with Crippen molar-refractivity contribution in [2.24, 2.45) is 0 Å². The molecule has 1 atom stereocenters. The van der Waals surface area contributed by atoms with E-state index in [2.05, 4.69) is 10.0 Å². The first-order valence-electron chi connectivity index (χ1n) is 6.88. The van der Waals surface area contributed by atoms with Gasteiger partial charge in [0.15, 0.2) is 6.10 Å². The Morgan fingerprint density at radius 3 is 2.43 bits per heavy atom. The maximum Gasteiger partial charge on any atom is 0.260 e. The Labute approximate surface area is 125 Å². The van der Waals surface area contributed by atoms with E-state index in [1.165, 1.54) is 31.3 Å². The highest BCUT2D eigenvalue weighted by Crippen LogP contribution is 2.17. The van der Waals surface area contributed by atoms with Gasteiger partial charge in [0.05, 0.1) is 4.90 Å². The molecule has 1 amide bonds. The van der Waals surface area contributed by atoms with E-state index >= 15 is 0 Å². The molecule has 1 aromatic rings. The normalized spacial score (nSPS) is 12.7. The maximum absolute atomic E-state index is 12.0. The van der Waals surface area contributed by atoms with Crippen LogP contribution in [-0.4, -0.2) is 34.0 Å². The van der Waals surface area contributed by atoms with Crippen LogP contribution in [0.15, 0.2) is 29.2 Å². The Kier molecular flexibility index (Phi) is 6.64. The lowest BCUT2D eigenvalue weighted by molar-refractivity contribution is -0.126. The molecule has 0 radical (unpaired) electrons. The van der Waals surface area contributed by atoms with E-state index < -0.39 is 16.1 Å². The monoisotopic (exact) mass is 314 g/mol. The van der Waals surface area contributed by atoms with E-state index in [-0.39, 0.29) is 10.8 Å². The first-order chi connectivity index (χ1) is 9.90. The highest BCUT2D eigenvalue weighted by atomic mass is 32.2. The molecular weight excluding hydrogens is 292 g/mol. The number of ether oxygens (including phenoxy) is 1. The van der Waals surface area contributed by atoms with Crippen LogP contribution >= 0.6 is 0 Å². The van der Waals surface area contributed by atoms with E-state index in [0.717, 1.165) is 12.8 Å². The van der Waals surface area contributed by atoms with E-state index in [1.807, 2.05) is 6.92 Å². The smallest absolute Gasteiger partial charge is 0.260 e. The third-order valence-corrected chi connectivity index (χ3v) is 4.36. The van der Waals surface area contributed by atoms with Crippen molar-refractivity contribution in [3.05, 3.63) is 24.3 Å². The molecule has 21 heavy (non-hydrogen) atoms. The number of amides is 1. The number of hydrogen-bond acceptors (Lipinski definition) is 4. The lowest BCUT2D eigenvalue weighted by Gasteiger charge is -2.13. The summed E-state index contributed by atoms with van der Waals surface area (Å²) in [6.45, 7) is 4.04. The number of unbranched alkanes of at least 4 members (excludes halogenated alkanes) is 1. The van der Waals surface area contributed by atoms with E-state index in [4.69, 9.17) is 4.74 Å². The Morgan fingerprint density at radius 1 is 1.29 bits per heavy atom. The zero-order valence-electron chi connectivity index (χ0n) is 12.5. The van der Waals surface area contributed by atoms with Gasteiger partial charge in [-0.05, 0) is 37.6 Å². The number of rotatable bonds is 8. The van der Waals surface area contributed by atoms with Crippen LogP contribution in [0.4, 0.5) is 0 Å². The van der Waals surface area contributed by atoms with Gasteiger partial charge in [-0.2, -0.15) is 0 Å². The molecule has 0 aliphatic rings. The fourth-order valence-electron chi connectivity index (χ4n) is 1.62. The van der Waals surface area contributed by atoms with Crippen molar-refractivity contribution >= 4 is 15.9 Å². The summed E-state index contributed by atoms with van der Waals surface area (Å²) in [5.74, 6) is 0.200. The average Bonchev–Trinajstić information content (AvgIpc) is 2.47. The summed E-state index contributed by atoms with van der Waals surface area (Å²) in [4.78, 5) is 11.5. The van der Waals surface area contributed by atoms with Gasteiger partial charge in [-0.15, -0.1) is 0 Å². The summed E-state index contributed by atoms with van der Waals surface area (Å²) >= 11 is 0. The lowest BCUT2D eigenvalue weighted by Crippen LogP contribution is -2.33. The predicted molar refractivity (Wildman–Crippen MR) is 80.7 cm³/mol. The molecule has 2 N–H and O–H groups in total. The standard InChI is InChI=1S/C14H22N2O4S/c1-4-5-10-16-21(18,19)13-8-6-12(7-9-13)20-11(2)14(17)15-3/h6-9,11,16H,4-5,10H2,1-3H3,(H,15,17)/t11-/m0/s1. The van der Waals surface area contributed by atoms with Crippen LogP contribution in [0.3, 0.4) is 0 Å². The van der Waals surface area contributed by atoms with Crippen molar-refractivity contribution in [3.63, 3.8) is 0 Å². The topological polar surface area (TPSA) is 84.5 Å². The molecule has 1 rings (SSSR count). The predicted octanol–water partition coefficient (Wildman–Crippen LogP) is 1.28. The maximum atomic E-state index is 12.0. The molecule has 0 aromatic heterocycles. The molecule has 0 spiro atoms. The number of sulfonamides is 1. The van der Waals surface area contributed by atoms with Gasteiger partial charge in [0, 0.05) is 13.6 Å². The van der Waals surface area contributed by atoms with Crippen molar-refractivity contribution in [2.75, 3.05) is 13.6 Å². The van der Waals surface area contributed by atoms with Gasteiger partial charge in [0.25, 0.3) is 5.91 Å². The summed E-state index contributed by atoms with van der Waals surface area (Å²) in [7, 11) is -1.96. The molecule has 7 heteroatoms. The van der Waals surface area contributed by atoms with Crippen molar-refractivity contribution in [3.8, 4) is 5.75 Å². The zero-order valence-corrected chi connectivity index (χ0v) is 13.4. The number of likely N-dealkylation sites (N-methyl/N-ethyl adjacent to an activating group) is 1. The van der Waals surface area contributed by atoms with Crippen LogP contribution in [0.1, 0.15) is 26.7 Å². The molecule has 0 bridgehead atoms. The van der Waals surface area contributed by atoms with Crippen LogP contribution in [0, 0.1) is 0 Å². The van der Waals surface area contributed by atoms with Crippen molar-refractivity contribution in [1.29, 1.82) is 0 Å². The van der Waals surface area contributed by atoms with E-state index in [0.29, 0.717) is 12.3 Å². The third-order valence-electron chi connectivity index (χ3n) is 2.88. The molecule has 118 valence electrons. The minimum absolute atomic E-state index is 0.179. The first kappa shape index (κ1) is 17.5. The summed E-state index contributed by atoms with van der Waals surface area (Å²) in [5, 5.41) is 2.48. The van der Waals surface area contributed by atoms with Crippen LogP contribution in [0.5, 0.6) is 5.75 Å². The molecule has 0 saturated carbocycles. The van der Waals surface area contributed by atoms with Crippen LogP contribution < -0.4 is 14.8 Å². The largest absolute Gasteiger partial charge is 0.481 e. The highest BCUT2D eigenvalue weighted by Gasteiger charge is 2.15. The average molecular weight is 314 g/mol. The molecule has 0 saturated heterocycles. The fourth-order valence-corrected chi connectivity index (χ4v) is 2.70. The van der Waals surface area contributed by atoms with Gasteiger partial charge in [-0.25, -0.2) is 13.1 Å². The van der Waals surface area contributed by atoms with Gasteiger partial charge in [-0.3, -0.25) is 4.79 Å². The second-order valence-corrected chi connectivity index (χ2v) is 6.36.